The highest BCUT2D eigenvalue weighted by atomic mass is 19.4. The minimum absolute atomic E-state index is 0.0691. The van der Waals surface area contributed by atoms with E-state index in [1.807, 2.05) is 25.1 Å². The zero-order valence-corrected chi connectivity index (χ0v) is 18.5. The lowest BCUT2D eigenvalue weighted by atomic mass is 9.97. The van der Waals surface area contributed by atoms with Crippen molar-refractivity contribution in [3.8, 4) is 5.75 Å². The van der Waals surface area contributed by atoms with Crippen LogP contribution in [0.4, 0.5) is 36.3 Å². The SMILES string of the molecule is CCCOc1ccc(Nc2ncc(C(F)(F)F)c(Nc3cccc(C4CCCC4)c3)n2)cc1. The van der Waals surface area contributed by atoms with Crippen LogP contribution >= 0.6 is 0 Å². The Morgan fingerprint density at radius 2 is 1.76 bits per heavy atom. The van der Waals surface area contributed by atoms with Gasteiger partial charge in [-0.25, -0.2) is 4.98 Å². The maximum Gasteiger partial charge on any atom is 0.421 e. The Balaban J connectivity index is 1.56. The van der Waals surface area contributed by atoms with E-state index in [1.165, 1.54) is 12.8 Å². The van der Waals surface area contributed by atoms with Crippen LogP contribution in [0.25, 0.3) is 0 Å². The Morgan fingerprint density at radius 1 is 1.00 bits per heavy atom. The van der Waals surface area contributed by atoms with Gasteiger partial charge in [-0.2, -0.15) is 18.2 Å². The normalized spacial score (nSPS) is 14.3. The first-order valence-corrected chi connectivity index (χ1v) is 11.2. The smallest absolute Gasteiger partial charge is 0.421 e. The zero-order chi connectivity index (χ0) is 23.3. The number of benzene rings is 2. The van der Waals surface area contributed by atoms with Gasteiger partial charge in [0.1, 0.15) is 17.1 Å². The molecule has 1 aromatic heterocycles. The molecule has 2 aromatic carbocycles. The lowest BCUT2D eigenvalue weighted by Gasteiger charge is -2.16. The van der Waals surface area contributed by atoms with Gasteiger partial charge in [0.15, 0.2) is 0 Å². The van der Waals surface area contributed by atoms with Crippen molar-refractivity contribution in [2.24, 2.45) is 0 Å². The van der Waals surface area contributed by atoms with Gasteiger partial charge in [0.25, 0.3) is 0 Å². The first kappa shape index (κ1) is 22.9. The number of rotatable bonds is 8. The fraction of sp³-hybridized carbons (Fsp3) is 0.360. The summed E-state index contributed by atoms with van der Waals surface area (Å²) in [6.07, 6.45) is 1.72. The maximum atomic E-state index is 13.6. The van der Waals surface area contributed by atoms with Crippen LogP contribution in [0.15, 0.2) is 54.7 Å². The zero-order valence-electron chi connectivity index (χ0n) is 18.5. The highest BCUT2D eigenvalue weighted by molar-refractivity contribution is 5.63. The molecule has 1 fully saturated rings. The minimum Gasteiger partial charge on any atom is -0.494 e. The Hall–Kier alpha value is -3.29. The molecule has 1 saturated carbocycles. The van der Waals surface area contributed by atoms with Gasteiger partial charge in [0.2, 0.25) is 5.95 Å². The topological polar surface area (TPSA) is 59.1 Å². The van der Waals surface area contributed by atoms with Crippen molar-refractivity contribution < 1.29 is 17.9 Å². The number of halogens is 3. The number of nitrogens with zero attached hydrogens (tertiary/aromatic N) is 2. The fourth-order valence-electron chi connectivity index (χ4n) is 3.99. The molecule has 3 aromatic rings. The Labute approximate surface area is 191 Å². The summed E-state index contributed by atoms with van der Waals surface area (Å²) in [4.78, 5) is 8.03. The maximum absolute atomic E-state index is 13.6. The van der Waals surface area contributed by atoms with E-state index in [1.54, 1.807) is 30.3 Å². The van der Waals surface area contributed by atoms with Crippen molar-refractivity contribution >= 4 is 23.1 Å². The molecular weight excluding hydrogens is 429 g/mol. The van der Waals surface area contributed by atoms with Gasteiger partial charge in [-0.3, -0.25) is 0 Å². The van der Waals surface area contributed by atoms with Crippen LogP contribution in [-0.4, -0.2) is 16.6 Å². The second-order valence-electron chi connectivity index (χ2n) is 8.18. The lowest BCUT2D eigenvalue weighted by molar-refractivity contribution is -0.137. The van der Waals surface area contributed by atoms with Crippen molar-refractivity contribution in [2.75, 3.05) is 17.2 Å². The van der Waals surface area contributed by atoms with Gasteiger partial charge < -0.3 is 15.4 Å². The number of hydrogen-bond acceptors (Lipinski definition) is 5. The molecule has 0 spiro atoms. The molecule has 0 atom stereocenters. The number of aromatic nitrogens is 2. The van der Waals surface area contributed by atoms with E-state index >= 15 is 0 Å². The monoisotopic (exact) mass is 456 g/mol. The van der Waals surface area contributed by atoms with Crippen LogP contribution in [0.2, 0.25) is 0 Å². The lowest BCUT2D eigenvalue weighted by Crippen LogP contribution is -2.12. The third-order valence-electron chi connectivity index (χ3n) is 5.65. The Morgan fingerprint density at radius 3 is 2.45 bits per heavy atom. The average Bonchev–Trinajstić information content (AvgIpc) is 3.33. The molecule has 4 rings (SSSR count). The second kappa shape index (κ2) is 10.1. The Kier molecular flexibility index (Phi) is 7.01. The molecule has 1 aliphatic rings. The number of nitrogens with one attached hydrogen (secondary N) is 2. The van der Waals surface area contributed by atoms with Crippen LogP contribution in [0.5, 0.6) is 5.75 Å². The summed E-state index contributed by atoms with van der Waals surface area (Å²) >= 11 is 0. The van der Waals surface area contributed by atoms with E-state index in [9.17, 15) is 13.2 Å². The van der Waals surface area contributed by atoms with Crippen LogP contribution in [-0.2, 0) is 6.18 Å². The fourth-order valence-corrected chi connectivity index (χ4v) is 3.99. The summed E-state index contributed by atoms with van der Waals surface area (Å²) in [7, 11) is 0. The standard InChI is InChI=1S/C25H27F3N4O/c1-2-14-33-21-12-10-19(11-13-21)31-24-29-16-22(25(26,27)28)23(32-24)30-20-9-5-8-18(15-20)17-6-3-4-7-17/h5,8-13,15-17H,2-4,6-7,14H2,1H3,(H2,29,30,31,32). The van der Waals surface area contributed by atoms with Gasteiger partial charge in [-0.1, -0.05) is 31.9 Å². The quantitative estimate of drug-likeness (QED) is 0.369. The van der Waals surface area contributed by atoms with Crippen LogP contribution in [0, 0.1) is 0 Å². The third kappa shape index (κ3) is 5.94. The molecule has 0 saturated heterocycles. The molecule has 5 nitrogen and oxygen atoms in total. The predicted molar refractivity (Wildman–Crippen MR) is 123 cm³/mol. The van der Waals surface area contributed by atoms with Gasteiger partial charge in [0, 0.05) is 17.6 Å². The molecule has 8 heteroatoms. The molecule has 0 bridgehead atoms. The Bertz CT molecular complexity index is 1060. The summed E-state index contributed by atoms with van der Waals surface area (Å²) in [5, 5.41) is 5.83. The molecule has 174 valence electrons. The molecule has 1 aliphatic carbocycles. The van der Waals surface area contributed by atoms with E-state index in [2.05, 4.69) is 20.6 Å². The average molecular weight is 457 g/mol. The number of anilines is 4. The van der Waals surface area contributed by atoms with E-state index in [0.29, 0.717) is 23.9 Å². The van der Waals surface area contributed by atoms with Gasteiger partial charge in [0.05, 0.1) is 6.61 Å². The highest BCUT2D eigenvalue weighted by Gasteiger charge is 2.35. The predicted octanol–water partition coefficient (Wildman–Crippen LogP) is 7.43. The highest BCUT2D eigenvalue weighted by Crippen LogP contribution is 2.37. The third-order valence-corrected chi connectivity index (χ3v) is 5.65. The van der Waals surface area contributed by atoms with Crippen molar-refractivity contribution in [3.05, 3.63) is 65.9 Å². The molecule has 2 N–H and O–H groups in total. The number of hydrogen-bond donors (Lipinski definition) is 2. The van der Waals surface area contributed by atoms with Gasteiger partial charge >= 0.3 is 6.18 Å². The molecule has 0 amide bonds. The van der Waals surface area contributed by atoms with E-state index in [4.69, 9.17) is 4.74 Å². The second-order valence-corrected chi connectivity index (χ2v) is 8.18. The summed E-state index contributed by atoms with van der Waals surface area (Å²) in [5.74, 6) is 0.965. The van der Waals surface area contributed by atoms with Crippen molar-refractivity contribution in [1.29, 1.82) is 0 Å². The van der Waals surface area contributed by atoms with Crippen LogP contribution in [0.3, 0.4) is 0 Å². The molecule has 33 heavy (non-hydrogen) atoms. The first-order chi connectivity index (χ1) is 15.9. The summed E-state index contributed by atoms with van der Waals surface area (Å²) in [6, 6.07) is 14.7. The van der Waals surface area contributed by atoms with Crippen molar-refractivity contribution in [2.45, 2.75) is 51.1 Å². The van der Waals surface area contributed by atoms with E-state index in [-0.39, 0.29) is 11.8 Å². The van der Waals surface area contributed by atoms with Crippen molar-refractivity contribution in [3.63, 3.8) is 0 Å². The largest absolute Gasteiger partial charge is 0.494 e. The molecular formula is C25H27F3N4O. The van der Waals surface area contributed by atoms with Crippen LogP contribution < -0.4 is 15.4 Å². The number of alkyl halides is 3. The summed E-state index contributed by atoms with van der Waals surface area (Å²) in [5.41, 5.74) is 1.45. The molecule has 0 radical (unpaired) electrons. The number of ether oxygens (including phenoxy) is 1. The van der Waals surface area contributed by atoms with Gasteiger partial charge in [-0.05, 0) is 67.1 Å². The van der Waals surface area contributed by atoms with Gasteiger partial charge in [-0.15, -0.1) is 0 Å². The molecule has 0 unspecified atom stereocenters. The molecule has 0 aliphatic heterocycles. The van der Waals surface area contributed by atoms with Crippen molar-refractivity contribution in [1.82, 2.24) is 9.97 Å². The first-order valence-electron chi connectivity index (χ1n) is 11.2. The summed E-state index contributed by atoms with van der Waals surface area (Å²) in [6.45, 7) is 2.64. The minimum atomic E-state index is -4.58. The summed E-state index contributed by atoms with van der Waals surface area (Å²) < 4.78 is 46.4. The van der Waals surface area contributed by atoms with E-state index < -0.39 is 11.7 Å². The van der Waals surface area contributed by atoms with E-state index in [0.717, 1.165) is 36.8 Å². The van der Waals surface area contributed by atoms with Crippen LogP contribution in [0.1, 0.15) is 56.1 Å². The molecule has 1 heterocycles.